The van der Waals surface area contributed by atoms with Crippen molar-refractivity contribution in [2.24, 2.45) is 5.73 Å². The smallest absolute Gasteiger partial charge is 0.180 e. The highest BCUT2D eigenvalue weighted by molar-refractivity contribution is 6.04. The van der Waals surface area contributed by atoms with Crippen LogP contribution in [0.15, 0.2) is 18.2 Å². The fourth-order valence-corrected chi connectivity index (χ4v) is 1.62. The molecule has 76 valence electrons. The number of methoxy groups -OCH3 is 1. The first-order valence-corrected chi connectivity index (χ1v) is 4.19. The number of carbonyl (C=O) groups is 1. The molecule has 1 aliphatic rings. The SMILES string of the molecule is COc1ccc2c(c1)C(=O)C(N)C2.Cl. The minimum atomic E-state index is -0.359. The fourth-order valence-electron chi connectivity index (χ4n) is 1.62. The van der Waals surface area contributed by atoms with Crippen LogP contribution < -0.4 is 10.5 Å². The van der Waals surface area contributed by atoms with E-state index in [1.54, 1.807) is 13.2 Å². The van der Waals surface area contributed by atoms with Gasteiger partial charge in [0.05, 0.1) is 13.2 Å². The van der Waals surface area contributed by atoms with Crippen LogP contribution in [-0.2, 0) is 6.42 Å². The number of Topliss-reactive ketones (excluding diaryl/α,β-unsaturated/α-hetero) is 1. The van der Waals surface area contributed by atoms with Crippen molar-refractivity contribution in [1.29, 1.82) is 0 Å². The molecule has 0 bridgehead atoms. The Kier molecular flexibility index (Phi) is 3.13. The van der Waals surface area contributed by atoms with E-state index in [1.807, 2.05) is 12.1 Å². The molecular formula is C10H12ClNO2. The van der Waals surface area contributed by atoms with Gasteiger partial charge in [0.15, 0.2) is 5.78 Å². The molecule has 4 heteroatoms. The molecule has 0 aromatic heterocycles. The number of benzene rings is 1. The molecule has 2 rings (SSSR count). The van der Waals surface area contributed by atoms with Crippen LogP contribution in [0, 0.1) is 0 Å². The zero-order valence-electron chi connectivity index (χ0n) is 7.82. The molecule has 0 aliphatic heterocycles. The van der Waals surface area contributed by atoms with E-state index in [0.717, 1.165) is 5.56 Å². The van der Waals surface area contributed by atoms with E-state index in [2.05, 4.69) is 0 Å². The molecule has 0 amide bonds. The molecule has 14 heavy (non-hydrogen) atoms. The monoisotopic (exact) mass is 213 g/mol. The number of nitrogens with two attached hydrogens (primary N) is 1. The van der Waals surface area contributed by atoms with Gasteiger partial charge in [0, 0.05) is 5.56 Å². The Morgan fingerprint density at radius 3 is 2.86 bits per heavy atom. The molecule has 0 saturated carbocycles. The van der Waals surface area contributed by atoms with Crippen molar-refractivity contribution in [3.63, 3.8) is 0 Å². The summed E-state index contributed by atoms with van der Waals surface area (Å²) in [5, 5.41) is 0. The lowest BCUT2D eigenvalue weighted by Crippen LogP contribution is -2.26. The first-order valence-electron chi connectivity index (χ1n) is 4.19. The van der Waals surface area contributed by atoms with Gasteiger partial charge in [-0.25, -0.2) is 0 Å². The molecule has 0 radical (unpaired) electrons. The summed E-state index contributed by atoms with van der Waals surface area (Å²) in [4.78, 5) is 11.5. The second kappa shape index (κ2) is 3.98. The van der Waals surface area contributed by atoms with Crippen LogP contribution in [0.1, 0.15) is 15.9 Å². The minimum absolute atomic E-state index is 0. The first kappa shape index (κ1) is 11.0. The van der Waals surface area contributed by atoms with Crippen LogP contribution >= 0.6 is 12.4 Å². The van der Waals surface area contributed by atoms with Gasteiger partial charge in [-0.15, -0.1) is 12.4 Å². The molecule has 1 aliphatic carbocycles. The highest BCUT2D eigenvalue weighted by Gasteiger charge is 2.27. The first-order chi connectivity index (χ1) is 6.22. The topological polar surface area (TPSA) is 52.3 Å². The maximum absolute atomic E-state index is 11.5. The molecule has 0 spiro atoms. The van der Waals surface area contributed by atoms with Crippen molar-refractivity contribution in [3.05, 3.63) is 29.3 Å². The van der Waals surface area contributed by atoms with E-state index in [1.165, 1.54) is 0 Å². The van der Waals surface area contributed by atoms with Crippen LogP contribution in [0.2, 0.25) is 0 Å². The molecule has 1 atom stereocenters. The van der Waals surface area contributed by atoms with E-state index in [0.29, 0.717) is 17.7 Å². The fraction of sp³-hybridized carbons (Fsp3) is 0.300. The summed E-state index contributed by atoms with van der Waals surface area (Å²) in [6.45, 7) is 0. The van der Waals surface area contributed by atoms with Crippen LogP contribution in [-0.4, -0.2) is 18.9 Å². The van der Waals surface area contributed by atoms with Gasteiger partial charge in [-0.2, -0.15) is 0 Å². The van der Waals surface area contributed by atoms with Crippen molar-refractivity contribution in [3.8, 4) is 5.75 Å². The Labute approximate surface area is 88.7 Å². The van der Waals surface area contributed by atoms with Crippen molar-refractivity contribution < 1.29 is 9.53 Å². The molecule has 1 aromatic rings. The van der Waals surface area contributed by atoms with Crippen LogP contribution in [0.4, 0.5) is 0 Å². The Morgan fingerprint density at radius 1 is 1.50 bits per heavy atom. The molecular weight excluding hydrogens is 202 g/mol. The molecule has 1 unspecified atom stereocenters. The van der Waals surface area contributed by atoms with Crippen LogP contribution in [0.5, 0.6) is 5.75 Å². The largest absolute Gasteiger partial charge is 0.497 e. The predicted octanol–water partition coefficient (Wildman–Crippen LogP) is 1.18. The normalized spacial score (nSPS) is 18.7. The van der Waals surface area contributed by atoms with E-state index in [-0.39, 0.29) is 24.2 Å². The maximum Gasteiger partial charge on any atom is 0.180 e. The van der Waals surface area contributed by atoms with Gasteiger partial charge in [0.2, 0.25) is 0 Å². The molecule has 3 nitrogen and oxygen atoms in total. The van der Waals surface area contributed by atoms with Gasteiger partial charge in [-0.05, 0) is 24.1 Å². The van der Waals surface area contributed by atoms with Crippen molar-refractivity contribution >= 4 is 18.2 Å². The molecule has 2 N–H and O–H groups in total. The number of fused-ring (bicyclic) bond motifs is 1. The summed E-state index contributed by atoms with van der Waals surface area (Å²) >= 11 is 0. The van der Waals surface area contributed by atoms with Crippen molar-refractivity contribution in [2.45, 2.75) is 12.5 Å². The number of hydrogen-bond acceptors (Lipinski definition) is 3. The Balaban J connectivity index is 0.000000980. The Bertz CT molecular complexity index is 365. The van der Waals surface area contributed by atoms with Gasteiger partial charge >= 0.3 is 0 Å². The molecule has 0 heterocycles. The predicted molar refractivity (Wildman–Crippen MR) is 56.3 cm³/mol. The summed E-state index contributed by atoms with van der Waals surface area (Å²) in [6, 6.07) is 5.15. The number of ether oxygens (including phenoxy) is 1. The average molecular weight is 214 g/mol. The van der Waals surface area contributed by atoms with E-state index < -0.39 is 0 Å². The highest BCUT2D eigenvalue weighted by atomic mass is 35.5. The van der Waals surface area contributed by atoms with E-state index in [9.17, 15) is 4.79 Å². The number of rotatable bonds is 1. The van der Waals surface area contributed by atoms with Gasteiger partial charge in [-0.3, -0.25) is 4.79 Å². The second-order valence-corrected chi connectivity index (χ2v) is 3.20. The maximum atomic E-state index is 11.5. The number of hydrogen-bond donors (Lipinski definition) is 1. The standard InChI is InChI=1S/C10H11NO2.ClH/c1-13-7-3-2-6-4-9(11)10(12)8(6)5-7;/h2-3,5,9H,4,11H2,1H3;1H. The quantitative estimate of drug-likeness (QED) is 0.762. The number of ketones is 1. The summed E-state index contributed by atoms with van der Waals surface area (Å²) in [7, 11) is 1.58. The Morgan fingerprint density at radius 2 is 2.21 bits per heavy atom. The average Bonchev–Trinajstić information content (AvgIpc) is 2.43. The number of halogens is 1. The van der Waals surface area contributed by atoms with E-state index >= 15 is 0 Å². The van der Waals surface area contributed by atoms with Gasteiger partial charge < -0.3 is 10.5 Å². The lowest BCUT2D eigenvalue weighted by molar-refractivity contribution is 0.0974. The molecule has 0 saturated heterocycles. The molecule has 0 fully saturated rings. The number of carbonyl (C=O) groups excluding carboxylic acids is 1. The van der Waals surface area contributed by atoms with Gasteiger partial charge in [0.25, 0.3) is 0 Å². The van der Waals surface area contributed by atoms with Gasteiger partial charge in [-0.1, -0.05) is 6.07 Å². The summed E-state index contributed by atoms with van der Waals surface area (Å²) in [6.07, 6.45) is 0.651. The van der Waals surface area contributed by atoms with Crippen molar-refractivity contribution in [2.75, 3.05) is 7.11 Å². The van der Waals surface area contributed by atoms with Crippen molar-refractivity contribution in [1.82, 2.24) is 0 Å². The van der Waals surface area contributed by atoms with Crippen LogP contribution in [0.3, 0.4) is 0 Å². The molecule has 1 aromatic carbocycles. The summed E-state index contributed by atoms with van der Waals surface area (Å²) in [5.74, 6) is 0.732. The lowest BCUT2D eigenvalue weighted by Gasteiger charge is -2.01. The van der Waals surface area contributed by atoms with Gasteiger partial charge in [0.1, 0.15) is 5.75 Å². The second-order valence-electron chi connectivity index (χ2n) is 3.20. The third-order valence-electron chi connectivity index (χ3n) is 2.36. The van der Waals surface area contributed by atoms with E-state index in [4.69, 9.17) is 10.5 Å². The Hall–Kier alpha value is -1.06. The zero-order valence-corrected chi connectivity index (χ0v) is 8.64. The zero-order chi connectivity index (χ0) is 9.42. The third-order valence-corrected chi connectivity index (χ3v) is 2.36. The minimum Gasteiger partial charge on any atom is -0.497 e. The summed E-state index contributed by atoms with van der Waals surface area (Å²) < 4.78 is 5.03. The highest BCUT2D eigenvalue weighted by Crippen LogP contribution is 2.25. The van der Waals surface area contributed by atoms with Crippen LogP contribution in [0.25, 0.3) is 0 Å². The summed E-state index contributed by atoms with van der Waals surface area (Å²) in [5.41, 5.74) is 7.37. The third kappa shape index (κ3) is 1.61. The lowest BCUT2D eigenvalue weighted by atomic mass is 10.1.